The molecule has 2 N–H and O–H groups in total. The standard InChI is InChI=1S/C27H31ClN8O4S/c1-16-14-19(17(2)30-21-6-7-22(28)31-24(21)25(37)33-41(4,39)40)23-20(15-16)26(38)34(3)27(32-23)35-12-8-18(9-13-35)36-11-5-10-29-36/h5-7,10-11,14-15,17-18,30H,8-9,12-13H2,1-4H3,(H,33,37)/t17-/m1/s1. The number of halogens is 1. The van der Waals surface area contributed by atoms with E-state index in [1.807, 2.05) is 47.6 Å². The van der Waals surface area contributed by atoms with Crippen molar-refractivity contribution in [1.29, 1.82) is 0 Å². The van der Waals surface area contributed by atoms with Gasteiger partial charge in [0.05, 0.1) is 34.9 Å². The number of pyridine rings is 1. The lowest BCUT2D eigenvalue weighted by molar-refractivity contribution is 0.0977. The predicted octanol–water partition coefficient (Wildman–Crippen LogP) is 3.19. The van der Waals surface area contributed by atoms with Crippen molar-refractivity contribution in [2.24, 2.45) is 7.05 Å². The van der Waals surface area contributed by atoms with Crippen molar-refractivity contribution in [2.45, 2.75) is 38.8 Å². The molecular formula is C27H31ClN8O4S. The van der Waals surface area contributed by atoms with Crippen LogP contribution < -0.4 is 20.5 Å². The summed E-state index contributed by atoms with van der Waals surface area (Å²) in [5, 5.41) is 8.14. The Morgan fingerprint density at radius 1 is 1.17 bits per heavy atom. The molecule has 0 unspecified atom stereocenters. The molecule has 1 fully saturated rings. The molecule has 216 valence electrons. The Morgan fingerprint density at radius 3 is 2.56 bits per heavy atom. The largest absolute Gasteiger partial charge is 0.377 e. The molecule has 0 bridgehead atoms. The number of hydrogen-bond donors (Lipinski definition) is 2. The van der Waals surface area contributed by atoms with Crippen LogP contribution in [0.25, 0.3) is 10.9 Å². The van der Waals surface area contributed by atoms with E-state index in [0.29, 0.717) is 22.9 Å². The molecule has 0 aliphatic carbocycles. The number of piperidine rings is 1. The summed E-state index contributed by atoms with van der Waals surface area (Å²) in [5.74, 6) is -0.327. The fraction of sp³-hybridized carbons (Fsp3) is 0.370. The highest BCUT2D eigenvalue weighted by Crippen LogP contribution is 2.30. The van der Waals surface area contributed by atoms with Gasteiger partial charge in [0.25, 0.3) is 11.5 Å². The minimum Gasteiger partial charge on any atom is -0.377 e. The van der Waals surface area contributed by atoms with Gasteiger partial charge in [0.15, 0.2) is 5.69 Å². The molecule has 14 heteroatoms. The van der Waals surface area contributed by atoms with E-state index in [9.17, 15) is 18.0 Å². The number of nitrogens with zero attached hydrogens (tertiary/aromatic N) is 6. The number of aromatic nitrogens is 5. The van der Waals surface area contributed by atoms with Crippen LogP contribution in [0.5, 0.6) is 0 Å². The maximum Gasteiger partial charge on any atom is 0.285 e. The van der Waals surface area contributed by atoms with E-state index in [4.69, 9.17) is 16.6 Å². The molecule has 4 heterocycles. The number of rotatable bonds is 7. The van der Waals surface area contributed by atoms with Crippen molar-refractivity contribution in [3.8, 4) is 0 Å². The average molecular weight is 599 g/mol. The lowest BCUT2D eigenvalue weighted by Crippen LogP contribution is -2.39. The van der Waals surface area contributed by atoms with Gasteiger partial charge in [-0.15, -0.1) is 0 Å². The third-order valence-corrected chi connectivity index (χ3v) is 7.94. The highest BCUT2D eigenvalue weighted by molar-refractivity contribution is 7.89. The van der Waals surface area contributed by atoms with Gasteiger partial charge in [-0.1, -0.05) is 17.7 Å². The Kier molecular flexibility index (Phi) is 7.75. The summed E-state index contributed by atoms with van der Waals surface area (Å²) in [6.07, 6.45) is 6.38. The molecule has 12 nitrogen and oxygen atoms in total. The van der Waals surface area contributed by atoms with Gasteiger partial charge in [-0.2, -0.15) is 5.10 Å². The third-order valence-electron chi connectivity index (χ3n) is 7.17. The zero-order valence-corrected chi connectivity index (χ0v) is 24.7. The van der Waals surface area contributed by atoms with Gasteiger partial charge in [-0.05, 0) is 56.5 Å². The Morgan fingerprint density at radius 2 is 1.90 bits per heavy atom. The summed E-state index contributed by atoms with van der Waals surface area (Å²) >= 11 is 6.02. The molecule has 4 aromatic rings. The normalized spacial score (nSPS) is 15.2. The first-order valence-electron chi connectivity index (χ1n) is 13.1. The van der Waals surface area contributed by atoms with E-state index in [-0.39, 0.29) is 22.1 Å². The zero-order valence-electron chi connectivity index (χ0n) is 23.1. The van der Waals surface area contributed by atoms with Crippen LogP contribution in [0.2, 0.25) is 5.15 Å². The highest BCUT2D eigenvalue weighted by Gasteiger charge is 2.26. The summed E-state index contributed by atoms with van der Waals surface area (Å²) in [5.41, 5.74) is 2.12. The van der Waals surface area contributed by atoms with E-state index in [1.165, 1.54) is 6.07 Å². The van der Waals surface area contributed by atoms with Crippen LogP contribution in [-0.4, -0.2) is 58.0 Å². The number of nitrogens with one attached hydrogen (secondary N) is 2. The van der Waals surface area contributed by atoms with Gasteiger partial charge in [0.1, 0.15) is 5.15 Å². The van der Waals surface area contributed by atoms with Crippen molar-refractivity contribution in [1.82, 2.24) is 29.0 Å². The maximum atomic E-state index is 13.6. The lowest BCUT2D eigenvalue weighted by Gasteiger charge is -2.33. The molecule has 1 saturated heterocycles. The quantitative estimate of drug-likeness (QED) is 0.306. The summed E-state index contributed by atoms with van der Waals surface area (Å²) in [6.45, 7) is 5.22. The van der Waals surface area contributed by atoms with Crippen LogP contribution >= 0.6 is 11.6 Å². The summed E-state index contributed by atoms with van der Waals surface area (Å²) < 4.78 is 28.9. The summed E-state index contributed by atoms with van der Waals surface area (Å²) in [7, 11) is -2.09. The minimum atomic E-state index is -3.82. The Hall–Kier alpha value is -3.97. The molecular weight excluding hydrogens is 568 g/mol. The second-order valence-electron chi connectivity index (χ2n) is 10.3. The number of carbonyl (C=O) groups is 1. The second-order valence-corrected chi connectivity index (χ2v) is 12.5. The van der Waals surface area contributed by atoms with Gasteiger partial charge >= 0.3 is 0 Å². The van der Waals surface area contributed by atoms with E-state index in [0.717, 1.165) is 43.3 Å². The lowest BCUT2D eigenvalue weighted by atomic mass is 10.0. The van der Waals surface area contributed by atoms with Crippen molar-refractivity contribution >= 4 is 50.1 Å². The van der Waals surface area contributed by atoms with Crippen LogP contribution in [0.15, 0.2) is 47.5 Å². The molecule has 5 rings (SSSR count). The Labute approximate surface area is 242 Å². The van der Waals surface area contributed by atoms with E-state index >= 15 is 0 Å². The predicted molar refractivity (Wildman–Crippen MR) is 158 cm³/mol. The molecule has 0 saturated carbocycles. The number of amides is 1. The van der Waals surface area contributed by atoms with Crippen molar-refractivity contribution < 1.29 is 13.2 Å². The minimum absolute atomic E-state index is 0.0361. The molecule has 1 aliphatic rings. The third kappa shape index (κ3) is 6.05. The van der Waals surface area contributed by atoms with Crippen molar-refractivity contribution in [2.75, 3.05) is 29.6 Å². The smallest absolute Gasteiger partial charge is 0.285 e. The number of carbonyl (C=O) groups excluding carboxylic acids is 1. The average Bonchev–Trinajstić information content (AvgIpc) is 3.46. The highest BCUT2D eigenvalue weighted by atomic mass is 35.5. The number of fused-ring (bicyclic) bond motifs is 1. The van der Waals surface area contributed by atoms with E-state index in [2.05, 4.69) is 20.3 Å². The van der Waals surface area contributed by atoms with Gasteiger partial charge in [-0.3, -0.25) is 18.8 Å². The molecule has 1 amide bonds. The topological polar surface area (TPSA) is 144 Å². The SMILES string of the molecule is Cc1cc([C@@H](C)Nc2ccc(Cl)nc2C(=O)NS(C)(=O)=O)c2nc(N3CCC(n4cccn4)CC3)n(C)c(=O)c2c1. The molecule has 1 atom stereocenters. The summed E-state index contributed by atoms with van der Waals surface area (Å²) in [4.78, 5) is 37.4. The Bertz CT molecular complexity index is 1780. The summed E-state index contributed by atoms with van der Waals surface area (Å²) in [6, 6.07) is 8.60. The number of benzene rings is 1. The number of aryl methyl sites for hydroxylation is 1. The van der Waals surface area contributed by atoms with Crippen LogP contribution in [0.4, 0.5) is 11.6 Å². The Balaban J connectivity index is 1.50. The number of hydrogen-bond acceptors (Lipinski definition) is 9. The number of sulfonamides is 1. The fourth-order valence-electron chi connectivity index (χ4n) is 5.23. The monoisotopic (exact) mass is 598 g/mol. The van der Waals surface area contributed by atoms with Crippen molar-refractivity contribution in [3.63, 3.8) is 0 Å². The first-order valence-corrected chi connectivity index (χ1v) is 15.4. The first kappa shape index (κ1) is 28.6. The first-order chi connectivity index (χ1) is 19.4. The van der Waals surface area contributed by atoms with E-state index in [1.54, 1.807) is 23.9 Å². The van der Waals surface area contributed by atoms with Gasteiger partial charge < -0.3 is 10.2 Å². The van der Waals surface area contributed by atoms with Crippen molar-refractivity contribution in [3.05, 3.63) is 75.1 Å². The van der Waals surface area contributed by atoms with Crippen LogP contribution in [0.3, 0.4) is 0 Å². The number of anilines is 2. The van der Waals surface area contributed by atoms with Gasteiger partial charge in [0.2, 0.25) is 16.0 Å². The van der Waals surface area contributed by atoms with Crippen LogP contribution in [0, 0.1) is 6.92 Å². The van der Waals surface area contributed by atoms with Crippen LogP contribution in [0.1, 0.15) is 53.5 Å². The van der Waals surface area contributed by atoms with Gasteiger partial charge in [0, 0.05) is 38.1 Å². The fourth-order valence-corrected chi connectivity index (χ4v) is 5.81. The molecule has 1 aliphatic heterocycles. The molecule has 0 radical (unpaired) electrons. The van der Waals surface area contributed by atoms with E-state index < -0.39 is 22.0 Å². The second kappa shape index (κ2) is 11.1. The molecule has 0 spiro atoms. The molecule has 3 aromatic heterocycles. The molecule has 41 heavy (non-hydrogen) atoms. The molecule has 1 aromatic carbocycles. The van der Waals surface area contributed by atoms with Crippen LogP contribution in [-0.2, 0) is 17.1 Å². The van der Waals surface area contributed by atoms with Gasteiger partial charge in [-0.25, -0.2) is 23.1 Å². The maximum absolute atomic E-state index is 13.6. The zero-order chi connectivity index (χ0) is 29.5.